The zero-order valence-electron chi connectivity index (χ0n) is 16.0. The minimum atomic E-state index is -1.57. The number of phenolic OH excluding ortho intramolecular Hbond substituents is 2. The number of benzene rings is 2. The Morgan fingerprint density at radius 1 is 0.967 bits per heavy atom. The molecule has 0 saturated carbocycles. The van der Waals surface area contributed by atoms with E-state index >= 15 is 0 Å². The summed E-state index contributed by atoms with van der Waals surface area (Å²) in [5, 5.41) is 49.5. The van der Waals surface area contributed by atoms with Crippen LogP contribution in [0, 0.1) is 0 Å². The zero-order chi connectivity index (χ0) is 21.6. The molecular weight excluding hydrogens is 396 g/mol. The minimum absolute atomic E-state index is 0.00920. The van der Waals surface area contributed by atoms with Crippen molar-refractivity contribution < 1.29 is 44.5 Å². The van der Waals surface area contributed by atoms with Crippen LogP contribution >= 0.6 is 0 Å². The second-order valence-corrected chi connectivity index (χ2v) is 7.44. The molecule has 0 spiro atoms. The summed E-state index contributed by atoms with van der Waals surface area (Å²) in [6.07, 6.45) is -7.19. The molecular formula is C21H22O9. The first-order valence-corrected chi connectivity index (χ1v) is 9.46. The molecule has 2 aromatic rings. The summed E-state index contributed by atoms with van der Waals surface area (Å²) in [4.78, 5) is 12.9. The summed E-state index contributed by atoms with van der Waals surface area (Å²) >= 11 is 0. The third-order valence-corrected chi connectivity index (χ3v) is 5.29. The summed E-state index contributed by atoms with van der Waals surface area (Å²) in [5.74, 6) is -0.440. The van der Waals surface area contributed by atoms with Gasteiger partial charge in [-0.1, -0.05) is 12.1 Å². The molecule has 30 heavy (non-hydrogen) atoms. The Balaban J connectivity index is 1.63. The first-order chi connectivity index (χ1) is 14.2. The van der Waals surface area contributed by atoms with Crippen LogP contribution in [0.1, 0.15) is 35.4 Å². The van der Waals surface area contributed by atoms with E-state index in [4.69, 9.17) is 14.2 Å². The van der Waals surface area contributed by atoms with Crippen molar-refractivity contribution in [2.75, 3.05) is 0 Å². The highest BCUT2D eigenvalue weighted by Crippen LogP contribution is 2.43. The molecule has 6 atom stereocenters. The van der Waals surface area contributed by atoms with Gasteiger partial charge in [0.15, 0.2) is 5.78 Å². The van der Waals surface area contributed by atoms with Crippen molar-refractivity contribution in [2.24, 2.45) is 0 Å². The van der Waals surface area contributed by atoms with Gasteiger partial charge in [0, 0.05) is 12.1 Å². The standard InChI is InChI=1S/C21H22O9/c1-9-18(25)19(26)20(27)21(28-9)30-16-7-12(23)6-15-17(16)13(24)8-14(29-15)10-2-4-11(22)5-3-10/h2-7,9,14,18-23,25-27H,8H2,1H3/t9-,14?,18-,19+,20+,21-/m0/s1. The van der Waals surface area contributed by atoms with Crippen LogP contribution in [0.2, 0.25) is 0 Å². The Hall–Kier alpha value is -2.85. The number of hydrogen-bond donors (Lipinski definition) is 5. The van der Waals surface area contributed by atoms with E-state index < -0.39 is 36.8 Å². The molecule has 2 aromatic carbocycles. The Labute approximate surface area is 171 Å². The van der Waals surface area contributed by atoms with Crippen LogP contribution in [0.25, 0.3) is 0 Å². The van der Waals surface area contributed by atoms with E-state index in [0.29, 0.717) is 5.56 Å². The molecule has 1 saturated heterocycles. The van der Waals surface area contributed by atoms with Crippen molar-refractivity contribution >= 4 is 5.78 Å². The molecule has 1 unspecified atom stereocenters. The highest BCUT2D eigenvalue weighted by Gasteiger charge is 2.44. The number of rotatable bonds is 3. The molecule has 4 rings (SSSR count). The van der Waals surface area contributed by atoms with Gasteiger partial charge in [0.05, 0.1) is 12.5 Å². The van der Waals surface area contributed by atoms with E-state index in [1.807, 2.05) is 0 Å². The quantitative estimate of drug-likeness (QED) is 0.493. The second kappa shape index (κ2) is 7.77. The molecule has 1 fully saturated rings. The van der Waals surface area contributed by atoms with Crippen LogP contribution in [0.5, 0.6) is 23.0 Å². The number of aromatic hydroxyl groups is 2. The molecule has 0 aromatic heterocycles. The average molecular weight is 418 g/mol. The number of hydrogen-bond acceptors (Lipinski definition) is 9. The van der Waals surface area contributed by atoms with Crippen LogP contribution < -0.4 is 9.47 Å². The number of ether oxygens (including phenoxy) is 3. The number of carbonyl (C=O) groups excluding carboxylic acids is 1. The lowest BCUT2D eigenvalue weighted by molar-refractivity contribution is -0.268. The number of phenols is 2. The van der Waals surface area contributed by atoms with Crippen molar-refractivity contribution in [1.29, 1.82) is 0 Å². The Kier molecular flexibility index (Phi) is 5.29. The lowest BCUT2D eigenvalue weighted by Gasteiger charge is -2.39. The third-order valence-electron chi connectivity index (χ3n) is 5.29. The molecule has 0 bridgehead atoms. The maximum Gasteiger partial charge on any atom is 0.229 e. The fraction of sp³-hybridized carbons (Fsp3) is 0.381. The summed E-state index contributed by atoms with van der Waals surface area (Å²) < 4.78 is 16.9. The van der Waals surface area contributed by atoms with Crippen molar-refractivity contribution in [1.82, 2.24) is 0 Å². The molecule has 9 heteroatoms. The molecule has 0 radical (unpaired) electrons. The largest absolute Gasteiger partial charge is 0.508 e. The summed E-state index contributed by atoms with van der Waals surface area (Å²) in [6.45, 7) is 1.50. The van der Waals surface area contributed by atoms with Crippen LogP contribution in [0.3, 0.4) is 0 Å². The number of carbonyl (C=O) groups is 1. The second-order valence-electron chi connectivity index (χ2n) is 7.44. The van der Waals surface area contributed by atoms with Crippen LogP contribution in [-0.4, -0.2) is 62.0 Å². The normalized spacial score (nSPS) is 31.0. The molecule has 9 nitrogen and oxygen atoms in total. The lowest BCUT2D eigenvalue weighted by atomic mass is 9.95. The van der Waals surface area contributed by atoms with E-state index in [9.17, 15) is 30.3 Å². The van der Waals surface area contributed by atoms with Gasteiger partial charge in [-0.2, -0.15) is 0 Å². The van der Waals surface area contributed by atoms with Gasteiger partial charge >= 0.3 is 0 Å². The fourth-order valence-corrected chi connectivity index (χ4v) is 3.61. The smallest absolute Gasteiger partial charge is 0.229 e. The lowest BCUT2D eigenvalue weighted by Crippen LogP contribution is -2.58. The van der Waals surface area contributed by atoms with Crippen molar-refractivity contribution in [3.8, 4) is 23.0 Å². The van der Waals surface area contributed by atoms with E-state index in [1.165, 1.54) is 31.2 Å². The molecule has 2 heterocycles. The minimum Gasteiger partial charge on any atom is -0.508 e. The average Bonchev–Trinajstić information content (AvgIpc) is 2.70. The molecule has 5 N–H and O–H groups in total. The zero-order valence-corrected chi connectivity index (χ0v) is 16.0. The van der Waals surface area contributed by atoms with Gasteiger partial charge < -0.3 is 39.7 Å². The predicted octanol–water partition coefficient (Wildman–Crippen LogP) is 1.01. The Bertz CT molecular complexity index is 942. The summed E-state index contributed by atoms with van der Waals surface area (Å²) in [6, 6.07) is 8.72. The van der Waals surface area contributed by atoms with E-state index in [-0.39, 0.29) is 40.8 Å². The number of fused-ring (bicyclic) bond motifs is 1. The molecule has 2 aliphatic rings. The van der Waals surface area contributed by atoms with Gasteiger partial charge in [0.25, 0.3) is 0 Å². The number of Topliss-reactive ketones (excluding diaryl/α,β-unsaturated/α-hetero) is 1. The van der Waals surface area contributed by atoms with Crippen LogP contribution in [0.15, 0.2) is 36.4 Å². The van der Waals surface area contributed by atoms with Crippen molar-refractivity contribution in [2.45, 2.75) is 50.2 Å². The van der Waals surface area contributed by atoms with E-state index in [2.05, 4.69) is 0 Å². The SMILES string of the molecule is C[C@@H]1O[C@@H](Oc2cc(O)cc3c2C(=O)CC(c2ccc(O)cc2)O3)[C@H](O)[C@H](O)[C@H]1O. The number of aliphatic hydroxyl groups is 3. The highest BCUT2D eigenvalue weighted by atomic mass is 16.7. The maximum absolute atomic E-state index is 12.9. The van der Waals surface area contributed by atoms with Gasteiger partial charge in [0.1, 0.15) is 53.0 Å². The molecule has 2 aliphatic heterocycles. The van der Waals surface area contributed by atoms with Gasteiger partial charge in [-0.15, -0.1) is 0 Å². The fourth-order valence-electron chi connectivity index (χ4n) is 3.61. The molecule has 0 amide bonds. The van der Waals surface area contributed by atoms with E-state index in [1.54, 1.807) is 12.1 Å². The third kappa shape index (κ3) is 3.68. The summed E-state index contributed by atoms with van der Waals surface area (Å²) in [7, 11) is 0. The van der Waals surface area contributed by atoms with Gasteiger partial charge in [-0.25, -0.2) is 0 Å². The maximum atomic E-state index is 12.9. The van der Waals surface area contributed by atoms with Gasteiger partial charge in [-0.3, -0.25) is 4.79 Å². The Morgan fingerprint density at radius 3 is 2.37 bits per heavy atom. The number of ketones is 1. The first-order valence-electron chi connectivity index (χ1n) is 9.46. The predicted molar refractivity (Wildman–Crippen MR) is 102 cm³/mol. The summed E-state index contributed by atoms with van der Waals surface area (Å²) in [5.41, 5.74) is 0.751. The molecule has 0 aliphatic carbocycles. The van der Waals surface area contributed by atoms with Gasteiger partial charge in [0.2, 0.25) is 6.29 Å². The molecule has 160 valence electrons. The van der Waals surface area contributed by atoms with Crippen molar-refractivity contribution in [3.05, 3.63) is 47.5 Å². The first kappa shape index (κ1) is 20.4. The number of aliphatic hydroxyl groups excluding tert-OH is 3. The van der Waals surface area contributed by atoms with Gasteiger partial charge in [-0.05, 0) is 24.6 Å². The van der Waals surface area contributed by atoms with Crippen molar-refractivity contribution in [3.63, 3.8) is 0 Å². The Morgan fingerprint density at radius 2 is 1.67 bits per heavy atom. The topological polar surface area (TPSA) is 146 Å². The van der Waals surface area contributed by atoms with Crippen LogP contribution in [-0.2, 0) is 4.74 Å². The highest BCUT2D eigenvalue weighted by molar-refractivity contribution is 6.02. The van der Waals surface area contributed by atoms with Crippen LogP contribution in [0.4, 0.5) is 0 Å². The monoisotopic (exact) mass is 418 g/mol. The van der Waals surface area contributed by atoms with E-state index in [0.717, 1.165) is 0 Å².